The fraction of sp³-hybridized carbons (Fsp3) is 0.600. The van der Waals surface area contributed by atoms with Gasteiger partial charge in [0.1, 0.15) is 12.4 Å². The molecule has 1 aromatic rings. The van der Waals surface area contributed by atoms with E-state index in [9.17, 15) is 8.42 Å². The van der Waals surface area contributed by atoms with Crippen molar-refractivity contribution in [3.05, 3.63) is 24.3 Å². The molecule has 1 aliphatic rings. The number of hydrogen-bond donors (Lipinski definition) is 1. The summed E-state index contributed by atoms with van der Waals surface area (Å²) >= 11 is 0. The van der Waals surface area contributed by atoms with Crippen LogP contribution in [-0.4, -0.2) is 37.7 Å². The number of nitrogens with two attached hydrogens (primary N) is 1. The van der Waals surface area contributed by atoms with Crippen LogP contribution in [0.4, 0.5) is 5.69 Å². The van der Waals surface area contributed by atoms with Gasteiger partial charge < -0.3 is 10.5 Å². The molecule has 1 fully saturated rings. The summed E-state index contributed by atoms with van der Waals surface area (Å²) in [7, 11) is -3.26. The van der Waals surface area contributed by atoms with E-state index in [0.717, 1.165) is 12.8 Å². The fourth-order valence-corrected chi connectivity index (χ4v) is 3.92. The molecule has 21 heavy (non-hydrogen) atoms. The van der Waals surface area contributed by atoms with Gasteiger partial charge in [-0.1, -0.05) is 19.9 Å². The van der Waals surface area contributed by atoms with Gasteiger partial charge in [0.05, 0.1) is 5.75 Å². The zero-order chi connectivity index (χ0) is 15.5. The average molecular weight is 312 g/mol. The second-order valence-corrected chi connectivity index (χ2v) is 7.97. The number of rotatable bonds is 8. The Morgan fingerprint density at radius 3 is 2.67 bits per heavy atom. The van der Waals surface area contributed by atoms with Crippen molar-refractivity contribution in [1.82, 2.24) is 4.31 Å². The molecule has 118 valence electrons. The molecular weight excluding hydrogens is 288 g/mol. The van der Waals surface area contributed by atoms with Crippen LogP contribution in [0.2, 0.25) is 0 Å². The molecule has 0 heterocycles. The van der Waals surface area contributed by atoms with Crippen LogP contribution in [0.5, 0.6) is 5.75 Å². The molecule has 0 radical (unpaired) electrons. The van der Waals surface area contributed by atoms with E-state index in [2.05, 4.69) is 0 Å². The van der Waals surface area contributed by atoms with Gasteiger partial charge in [-0.2, -0.15) is 4.31 Å². The number of benzene rings is 1. The van der Waals surface area contributed by atoms with E-state index >= 15 is 0 Å². The summed E-state index contributed by atoms with van der Waals surface area (Å²) in [4.78, 5) is 0. The Morgan fingerprint density at radius 2 is 2.10 bits per heavy atom. The van der Waals surface area contributed by atoms with Gasteiger partial charge in [0.15, 0.2) is 0 Å². The Hall–Kier alpha value is -1.27. The molecule has 2 N–H and O–H groups in total. The molecule has 5 nitrogen and oxygen atoms in total. The summed E-state index contributed by atoms with van der Waals surface area (Å²) < 4.78 is 32.0. The van der Waals surface area contributed by atoms with Crippen molar-refractivity contribution < 1.29 is 13.2 Å². The van der Waals surface area contributed by atoms with E-state index in [0.29, 0.717) is 23.9 Å². The lowest BCUT2D eigenvalue weighted by Crippen LogP contribution is -2.38. The summed E-state index contributed by atoms with van der Waals surface area (Å²) in [5.74, 6) is 0.938. The standard InChI is InChI=1S/C15H24N2O3S/c1-12(2)11-17(14-6-7-14)21(18,19)9-8-20-15-5-3-4-13(16)10-15/h3-5,10,12,14H,6-9,11,16H2,1-2H3. The molecular formula is C15H24N2O3S. The lowest BCUT2D eigenvalue weighted by atomic mass is 10.2. The van der Waals surface area contributed by atoms with Crippen molar-refractivity contribution in [2.45, 2.75) is 32.7 Å². The van der Waals surface area contributed by atoms with Crippen LogP contribution in [0, 0.1) is 5.92 Å². The van der Waals surface area contributed by atoms with Crippen LogP contribution in [0.15, 0.2) is 24.3 Å². The third-order valence-corrected chi connectivity index (χ3v) is 5.17. The van der Waals surface area contributed by atoms with Crippen LogP contribution >= 0.6 is 0 Å². The number of ether oxygens (including phenoxy) is 1. The highest BCUT2D eigenvalue weighted by Crippen LogP contribution is 2.30. The van der Waals surface area contributed by atoms with Gasteiger partial charge in [0.25, 0.3) is 0 Å². The van der Waals surface area contributed by atoms with Gasteiger partial charge >= 0.3 is 0 Å². The van der Waals surface area contributed by atoms with Gasteiger partial charge in [0.2, 0.25) is 10.0 Å². The van der Waals surface area contributed by atoms with E-state index in [4.69, 9.17) is 10.5 Å². The molecule has 0 amide bonds. The Balaban J connectivity index is 1.90. The van der Waals surface area contributed by atoms with Gasteiger partial charge in [-0.25, -0.2) is 8.42 Å². The Bertz CT molecular complexity index is 568. The normalized spacial score (nSPS) is 15.6. The van der Waals surface area contributed by atoms with Crippen molar-refractivity contribution in [1.29, 1.82) is 0 Å². The quantitative estimate of drug-likeness (QED) is 0.746. The zero-order valence-corrected chi connectivity index (χ0v) is 13.5. The number of sulfonamides is 1. The fourth-order valence-electron chi connectivity index (χ4n) is 2.20. The summed E-state index contributed by atoms with van der Waals surface area (Å²) in [5, 5.41) is 0. The third kappa shape index (κ3) is 4.89. The molecule has 0 atom stereocenters. The van der Waals surface area contributed by atoms with E-state index in [1.807, 2.05) is 13.8 Å². The highest BCUT2D eigenvalue weighted by molar-refractivity contribution is 7.89. The number of nitrogens with zero attached hydrogens (tertiary/aromatic N) is 1. The van der Waals surface area contributed by atoms with Crippen molar-refractivity contribution in [2.75, 3.05) is 24.6 Å². The highest BCUT2D eigenvalue weighted by atomic mass is 32.2. The smallest absolute Gasteiger partial charge is 0.217 e. The molecule has 0 spiro atoms. The first-order valence-electron chi connectivity index (χ1n) is 7.36. The summed E-state index contributed by atoms with van der Waals surface area (Å²) in [6, 6.07) is 7.22. The van der Waals surface area contributed by atoms with E-state index in [1.165, 1.54) is 0 Å². The third-order valence-electron chi connectivity index (χ3n) is 3.32. The van der Waals surface area contributed by atoms with Crippen LogP contribution in [0.25, 0.3) is 0 Å². The predicted octanol–water partition coefficient (Wildman–Crippen LogP) is 2.10. The van der Waals surface area contributed by atoms with Crippen molar-refractivity contribution in [3.63, 3.8) is 0 Å². The average Bonchev–Trinajstić information content (AvgIpc) is 3.19. The topological polar surface area (TPSA) is 72.6 Å². The lowest BCUT2D eigenvalue weighted by Gasteiger charge is -2.23. The predicted molar refractivity (Wildman–Crippen MR) is 84.7 cm³/mol. The lowest BCUT2D eigenvalue weighted by molar-refractivity contribution is 0.326. The first-order chi connectivity index (χ1) is 9.88. The van der Waals surface area contributed by atoms with E-state index in [1.54, 1.807) is 28.6 Å². The molecule has 0 aliphatic heterocycles. The second kappa shape index (κ2) is 6.66. The maximum absolute atomic E-state index is 12.4. The maximum Gasteiger partial charge on any atom is 0.217 e. The monoisotopic (exact) mass is 312 g/mol. The summed E-state index contributed by atoms with van der Waals surface area (Å²) in [5.41, 5.74) is 6.27. The van der Waals surface area contributed by atoms with Crippen LogP contribution < -0.4 is 10.5 Å². The van der Waals surface area contributed by atoms with Crippen LogP contribution in [0.1, 0.15) is 26.7 Å². The first-order valence-corrected chi connectivity index (χ1v) is 8.97. The van der Waals surface area contributed by atoms with Gasteiger partial charge in [-0.05, 0) is 30.9 Å². The maximum atomic E-state index is 12.4. The molecule has 1 aromatic carbocycles. The zero-order valence-electron chi connectivity index (χ0n) is 12.7. The van der Waals surface area contributed by atoms with E-state index in [-0.39, 0.29) is 18.4 Å². The minimum atomic E-state index is -3.26. The van der Waals surface area contributed by atoms with Crippen molar-refractivity contribution in [2.24, 2.45) is 5.92 Å². The van der Waals surface area contributed by atoms with E-state index < -0.39 is 10.0 Å². The summed E-state index contributed by atoms with van der Waals surface area (Å²) in [6.07, 6.45) is 1.95. The molecule has 1 aliphatic carbocycles. The van der Waals surface area contributed by atoms with Crippen molar-refractivity contribution in [3.8, 4) is 5.75 Å². The molecule has 0 unspecified atom stereocenters. The molecule has 0 bridgehead atoms. The molecule has 1 saturated carbocycles. The van der Waals surface area contributed by atoms with Crippen LogP contribution in [-0.2, 0) is 10.0 Å². The van der Waals surface area contributed by atoms with Crippen molar-refractivity contribution >= 4 is 15.7 Å². The van der Waals surface area contributed by atoms with Gasteiger partial charge in [-0.15, -0.1) is 0 Å². The molecule has 6 heteroatoms. The Kier molecular flexibility index (Phi) is 5.11. The molecule has 2 rings (SSSR count). The summed E-state index contributed by atoms with van der Waals surface area (Å²) in [6.45, 7) is 4.81. The van der Waals surface area contributed by atoms with Crippen LogP contribution in [0.3, 0.4) is 0 Å². The Morgan fingerprint density at radius 1 is 1.38 bits per heavy atom. The SMILES string of the molecule is CC(C)CN(C1CC1)S(=O)(=O)CCOc1cccc(N)c1. The molecule has 0 aromatic heterocycles. The largest absolute Gasteiger partial charge is 0.492 e. The molecule has 0 saturated heterocycles. The number of anilines is 1. The van der Waals surface area contributed by atoms with Gasteiger partial charge in [-0.3, -0.25) is 0 Å². The minimum Gasteiger partial charge on any atom is -0.492 e. The first kappa shape index (κ1) is 16.1. The second-order valence-electron chi connectivity index (χ2n) is 5.93. The minimum absolute atomic E-state index is 0.00498. The number of hydrogen-bond acceptors (Lipinski definition) is 4. The Labute approximate surface area is 127 Å². The number of nitrogen functional groups attached to an aromatic ring is 1. The highest BCUT2D eigenvalue weighted by Gasteiger charge is 2.37. The van der Waals surface area contributed by atoms with Gasteiger partial charge in [0, 0.05) is 24.3 Å².